The number of hydrogen-bond acceptors (Lipinski definition) is 3. The number of aromatic nitrogens is 2. The average Bonchev–Trinajstić information content (AvgIpc) is 2.93. The molecule has 5 nitrogen and oxygen atoms in total. The van der Waals surface area contributed by atoms with Gasteiger partial charge in [-0.2, -0.15) is 0 Å². The van der Waals surface area contributed by atoms with Crippen molar-refractivity contribution in [2.24, 2.45) is 11.8 Å². The minimum Gasteiger partial charge on any atom is -0.354 e. The summed E-state index contributed by atoms with van der Waals surface area (Å²) in [6, 6.07) is 0. The van der Waals surface area contributed by atoms with Gasteiger partial charge in [0.25, 0.3) is 0 Å². The van der Waals surface area contributed by atoms with Crippen LogP contribution in [0.2, 0.25) is 0 Å². The molecular formula is C14H24N4O. The molecule has 0 saturated carbocycles. The van der Waals surface area contributed by atoms with Gasteiger partial charge in [0.15, 0.2) is 0 Å². The van der Waals surface area contributed by atoms with Crippen LogP contribution in [0.4, 0.5) is 0 Å². The van der Waals surface area contributed by atoms with Crippen LogP contribution in [-0.2, 0) is 11.3 Å². The summed E-state index contributed by atoms with van der Waals surface area (Å²) in [6.07, 6.45) is 8.47. The molecule has 1 aliphatic rings. The third kappa shape index (κ3) is 4.67. The monoisotopic (exact) mass is 264 g/mol. The lowest BCUT2D eigenvalue weighted by Crippen LogP contribution is -2.34. The Morgan fingerprint density at radius 1 is 1.53 bits per heavy atom. The van der Waals surface area contributed by atoms with Crippen molar-refractivity contribution in [3.8, 4) is 0 Å². The highest BCUT2D eigenvalue weighted by atomic mass is 16.1. The summed E-state index contributed by atoms with van der Waals surface area (Å²) in [5, 5.41) is 6.35. The van der Waals surface area contributed by atoms with E-state index in [9.17, 15) is 4.79 Å². The summed E-state index contributed by atoms with van der Waals surface area (Å²) in [6.45, 7) is 5.85. The summed E-state index contributed by atoms with van der Waals surface area (Å²) in [5.74, 6) is 1.35. The molecule has 1 aliphatic heterocycles. The summed E-state index contributed by atoms with van der Waals surface area (Å²) in [7, 11) is 0. The van der Waals surface area contributed by atoms with Crippen molar-refractivity contribution >= 4 is 5.91 Å². The molecule has 19 heavy (non-hydrogen) atoms. The topological polar surface area (TPSA) is 59.0 Å². The molecule has 0 aromatic carbocycles. The van der Waals surface area contributed by atoms with Crippen molar-refractivity contribution < 1.29 is 4.79 Å². The third-order valence-electron chi connectivity index (χ3n) is 3.95. The maximum atomic E-state index is 11.9. The average molecular weight is 264 g/mol. The highest BCUT2D eigenvalue weighted by Crippen LogP contribution is 2.23. The number of carbonyl (C=O) groups excluding carboxylic acids is 1. The Morgan fingerprint density at radius 2 is 2.32 bits per heavy atom. The Hall–Kier alpha value is -1.36. The smallest absolute Gasteiger partial charge is 0.220 e. The van der Waals surface area contributed by atoms with Crippen LogP contribution in [0, 0.1) is 11.8 Å². The van der Waals surface area contributed by atoms with Crippen LogP contribution in [0.5, 0.6) is 0 Å². The zero-order valence-corrected chi connectivity index (χ0v) is 11.6. The summed E-state index contributed by atoms with van der Waals surface area (Å²) >= 11 is 0. The molecule has 2 rings (SSSR count). The van der Waals surface area contributed by atoms with E-state index in [4.69, 9.17) is 0 Å². The molecule has 106 valence electrons. The van der Waals surface area contributed by atoms with Crippen LogP contribution < -0.4 is 10.6 Å². The standard InChI is InChI=1S/C14H24N4O/c1-12(13-2-4-15-5-3-13)10-14(19)17-7-9-18-8-6-16-11-18/h6,8,11-13,15H,2-5,7,9-10H2,1H3,(H,17,19). The molecule has 2 heterocycles. The van der Waals surface area contributed by atoms with E-state index >= 15 is 0 Å². The van der Waals surface area contributed by atoms with Gasteiger partial charge >= 0.3 is 0 Å². The first-order valence-electron chi connectivity index (χ1n) is 7.19. The predicted molar refractivity (Wildman–Crippen MR) is 74.6 cm³/mol. The Kier molecular flexibility index (Phi) is 5.39. The minimum absolute atomic E-state index is 0.172. The summed E-state index contributed by atoms with van der Waals surface area (Å²) < 4.78 is 1.97. The molecule has 2 N–H and O–H groups in total. The van der Waals surface area contributed by atoms with Crippen molar-refractivity contribution in [3.05, 3.63) is 18.7 Å². The zero-order valence-electron chi connectivity index (χ0n) is 11.6. The largest absolute Gasteiger partial charge is 0.354 e. The predicted octanol–water partition coefficient (Wildman–Crippen LogP) is 1.03. The van der Waals surface area contributed by atoms with Gasteiger partial charge in [-0.3, -0.25) is 4.79 Å². The number of nitrogens with zero attached hydrogens (tertiary/aromatic N) is 2. The number of rotatable bonds is 6. The van der Waals surface area contributed by atoms with Gasteiger partial charge in [0.05, 0.1) is 6.33 Å². The summed E-state index contributed by atoms with van der Waals surface area (Å²) in [4.78, 5) is 15.8. The second kappa shape index (κ2) is 7.28. The molecular weight excluding hydrogens is 240 g/mol. The third-order valence-corrected chi connectivity index (χ3v) is 3.95. The second-order valence-corrected chi connectivity index (χ2v) is 5.42. The molecule has 1 atom stereocenters. The van der Waals surface area contributed by atoms with Crippen LogP contribution in [-0.4, -0.2) is 35.1 Å². The van der Waals surface area contributed by atoms with E-state index in [1.165, 1.54) is 12.8 Å². The number of hydrogen-bond donors (Lipinski definition) is 2. The zero-order chi connectivity index (χ0) is 13.5. The van der Waals surface area contributed by atoms with Gasteiger partial charge in [-0.15, -0.1) is 0 Å². The van der Waals surface area contributed by atoms with E-state index in [-0.39, 0.29) is 5.91 Å². The van der Waals surface area contributed by atoms with Crippen LogP contribution in [0.15, 0.2) is 18.7 Å². The number of carbonyl (C=O) groups is 1. The number of imidazole rings is 1. The fourth-order valence-corrected chi connectivity index (χ4v) is 2.69. The van der Waals surface area contributed by atoms with Crippen LogP contribution in [0.25, 0.3) is 0 Å². The molecule has 1 aromatic heterocycles. The molecule has 5 heteroatoms. The second-order valence-electron chi connectivity index (χ2n) is 5.42. The molecule has 1 aromatic rings. The van der Waals surface area contributed by atoms with E-state index < -0.39 is 0 Å². The SMILES string of the molecule is CC(CC(=O)NCCn1ccnc1)C1CCNCC1. The minimum atomic E-state index is 0.172. The van der Waals surface area contributed by atoms with Crippen LogP contribution in [0.1, 0.15) is 26.2 Å². The Balaban J connectivity index is 1.63. The lowest BCUT2D eigenvalue weighted by molar-refractivity contribution is -0.122. The first-order chi connectivity index (χ1) is 9.25. The summed E-state index contributed by atoms with van der Waals surface area (Å²) in [5.41, 5.74) is 0. The molecule has 1 saturated heterocycles. The van der Waals surface area contributed by atoms with E-state index in [1.54, 1.807) is 12.5 Å². The van der Waals surface area contributed by atoms with Crippen LogP contribution in [0.3, 0.4) is 0 Å². The molecule has 1 fully saturated rings. The Labute approximate surface area is 114 Å². The van der Waals surface area contributed by atoms with Gasteiger partial charge in [0, 0.05) is 31.9 Å². The Bertz CT molecular complexity index is 371. The molecule has 0 aliphatic carbocycles. The fraction of sp³-hybridized carbons (Fsp3) is 0.714. The van der Waals surface area contributed by atoms with Gasteiger partial charge < -0.3 is 15.2 Å². The molecule has 0 radical (unpaired) electrons. The molecule has 0 bridgehead atoms. The van der Waals surface area contributed by atoms with E-state index in [0.717, 1.165) is 19.6 Å². The maximum Gasteiger partial charge on any atom is 0.220 e. The lowest BCUT2D eigenvalue weighted by atomic mass is 9.84. The highest BCUT2D eigenvalue weighted by molar-refractivity contribution is 5.76. The van der Waals surface area contributed by atoms with E-state index in [1.807, 2.05) is 10.8 Å². The van der Waals surface area contributed by atoms with Gasteiger partial charge in [0.1, 0.15) is 0 Å². The van der Waals surface area contributed by atoms with Gasteiger partial charge in [-0.05, 0) is 37.8 Å². The van der Waals surface area contributed by atoms with Crippen LogP contribution >= 0.6 is 0 Å². The van der Waals surface area contributed by atoms with Crippen molar-refractivity contribution in [1.82, 2.24) is 20.2 Å². The number of amides is 1. The van der Waals surface area contributed by atoms with Gasteiger partial charge in [-0.25, -0.2) is 4.98 Å². The first kappa shape index (κ1) is 14.1. The fourth-order valence-electron chi connectivity index (χ4n) is 2.69. The van der Waals surface area contributed by atoms with Gasteiger partial charge in [-0.1, -0.05) is 6.92 Å². The molecule has 1 amide bonds. The van der Waals surface area contributed by atoms with Gasteiger partial charge in [0.2, 0.25) is 5.91 Å². The highest BCUT2D eigenvalue weighted by Gasteiger charge is 2.21. The molecule has 1 unspecified atom stereocenters. The number of nitrogens with one attached hydrogen (secondary N) is 2. The molecule has 0 spiro atoms. The maximum absolute atomic E-state index is 11.9. The first-order valence-corrected chi connectivity index (χ1v) is 7.19. The van der Waals surface area contributed by atoms with Crippen molar-refractivity contribution in [1.29, 1.82) is 0 Å². The Morgan fingerprint density at radius 3 is 3.00 bits per heavy atom. The normalized spacial score (nSPS) is 18.2. The van der Waals surface area contributed by atoms with Crippen molar-refractivity contribution in [3.63, 3.8) is 0 Å². The van der Waals surface area contributed by atoms with Crippen molar-refractivity contribution in [2.75, 3.05) is 19.6 Å². The van der Waals surface area contributed by atoms with E-state index in [0.29, 0.717) is 24.8 Å². The van der Waals surface area contributed by atoms with Crippen molar-refractivity contribution in [2.45, 2.75) is 32.7 Å². The quantitative estimate of drug-likeness (QED) is 0.806. The number of piperidine rings is 1. The van der Waals surface area contributed by atoms with E-state index in [2.05, 4.69) is 22.5 Å². The lowest BCUT2D eigenvalue weighted by Gasteiger charge is -2.27.